The van der Waals surface area contributed by atoms with Gasteiger partial charge in [0.15, 0.2) is 0 Å². The second-order valence-corrected chi connectivity index (χ2v) is 18.7. The molecule has 0 aliphatic heterocycles. The molecule has 0 aromatic heterocycles. The van der Waals surface area contributed by atoms with Crippen molar-refractivity contribution in [1.29, 1.82) is 0 Å². The molecule has 0 unspecified atom stereocenters. The Labute approximate surface area is 127 Å². The number of benzene rings is 1. The fourth-order valence-electron chi connectivity index (χ4n) is 3.45. The molecule has 0 spiro atoms. The van der Waals surface area contributed by atoms with Crippen LogP contribution in [-0.2, 0) is 4.74 Å². The minimum atomic E-state index is -2.47. The molecule has 0 aliphatic carbocycles. The van der Waals surface area contributed by atoms with Gasteiger partial charge < -0.3 is 0 Å². The third kappa shape index (κ3) is 4.00. The summed E-state index contributed by atoms with van der Waals surface area (Å²) in [6.07, 6.45) is 3.68. The molecule has 20 heavy (non-hydrogen) atoms. The number of rotatable bonds is 8. The van der Waals surface area contributed by atoms with Gasteiger partial charge in [-0.05, 0) is 0 Å². The molecule has 1 aromatic carbocycles. The van der Waals surface area contributed by atoms with Crippen molar-refractivity contribution < 1.29 is 9.53 Å². The van der Waals surface area contributed by atoms with Crippen LogP contribution in [0.25, 0.3) is 0 Å². The molecule has 0 atom stereocenters. The number of esters is 1. The molecule has 2 nitrogen and oxygen atoms in total. The average Bonchev–Trinajstić information content (AvgIpc) is 2.47. The Morgan fingerprint density at radius 1 is 1.00 bits per heavy atom. The first-order valence-corrected chi connectivity index (χ1v) is 15.3. The van der Waals surface area contributed by atoms with Crippen LogP contribution in [-0.4, -0.2) is 31.5 Å². The predicted molar refractivity (Wildman–Crippen MR) is 88.5 cm³/mol. The van der Waals surface area contributed by atoms with Crippen molar-refractivity contribution in [3.05, 3.63) is 29.8 Å². The van der Waals surface area contributed by atoms with Crippen LogP contribution < -0.4 is 3.58 Å². The first-order chi connectivity index (χ1) is 9.65. The maximum absolute atomic E-state index is 12.1. The van der Waals surface area contributed by atoms with E-state index in [-0.39, 0.29) is 5.97 Å². The summed E-state index contributed by atoms with van der Waals surface area (Å²) < 4.78 is 10.4. The van der Waals surface area contributed by atoms with Gasteiger partial charge in [-0.3, -0.25) is 0 Å². The number of carbonyl (C=O) groups is 1. The van der Waals surface area contributed by atoms with Gasteiger partial charge in [-0.15, -0.1) is 0 Å². The molecule has 1 aromatic rings. The normalized spacial score (nSPS) is 11.4. The molecule has 0 saturated carbocycles. The Balaban J connectivity index is 3.35. The van der Waals surface area contributed by atoms with Crippen molar-refractivity contribution >= 4 is 27.9 Å². The van der Waals surface area contributed by atoms with Gasteiger partial charge in [0.1, 0.15) is 0 Å². The van der Waals surface area contributed by atoms with Crippen LogP contribution in [0.1, 0.15) is 50.4 Å². The van der Waals surface area contributed by atoms with E-state index in [2.05, 4.69) is 32.9 Å². The van der Waals surface area contributed by atoms with Crippen LogP contribution >= 0.6 is 0 Å². The molecule has 0 fully saturated rings. The van der Waals surface area contributed by atoms with E-state index < -0.39 is 18.4 Å². The number of hydrogen-bond donors (Lipinski definition) is 0. The SMILES string of the molecule is CC[CH2][Sn]([CH2]CC)([CH2]CC)[c]1ccccc1C(=O)OC. The summed E-state index contributed by atoms with van der Waals surface area (Å²) in [6, 6.07) is 8.21. The molecule has 1 rings (SSSR count). The molecule has 0 N–H and O–H groups in total. The molecule has 3 heteroatoms. The van der Waals surface area contributed by atoms with Crippen molar-refractivity contribution in [2.75, 3.05) is 7.11 Å². The predicted octanol–water partition coefficient (Wildman–Crippen LogP) is 4.36. The van der Waals surface area contributed by atoms with Crippen molar-refractivity contribution in [3.63, 3.8) is 0 Å². The van der Waals surface area contributed by atoms with Gasteiger partial charge in [0.25, 0.3) is 0 Å². The average molecular weight is 383 g/mol. The third-order valence-electron chi connectivity index (χ3n) is 4.09. The van der Waals surface area contributed by atoms with Gasteiger partial charge in [-0.1, -0.05) is 0 Å². The van der Waals surface area contributed by atoms with Crippen LogP contribution in [0, 0.1) is 0 Å². The van der Waals surface area contributed by atoms with Crippen LogP contribution in [0.3, 0.4) is 0 Å². The molecular weight excluding hydrogens is 355 g/mol. The second kappa shape index (κ2) is 8.70. The van der Waals surface area contributed by atoms with Crippen molar-refractivity contribution in [2.45, 2.75) is 53.3 Å². The summed E-state index contributed by atoms with van der Waals surface area (Å²) in [5.74, 6) is -0.162. The number of ether oxygens (including phenoxy) is 1. The Morgan fingerprint density at radius 2 is 1.50 bits per heavy atom. The van der Waals surface area contributed by atoms with Gasteiger partial charge in [-0.2, -0.15) is 0 Å². The quantitative estimate of drug-likeness (QED) is 0.493. The van der Waals surface area contributed by atoms with Crippen molar-refractivity contribution in [2.24, 2.45) is 0 Å². The summed E-state index contributed by atoms with van der Waals surface area (Å²) in [5.41, 5.74) is 0.834. The Morgan fingerprint density at radius 3 is 1.95 bits per heavy atom. The molecule has 0 bridgehead atoms. The zero-order chi connectivity index (χ0) is 15.0. The standard InChI is InChI=1S/C8H7O2.3C3H7.Sn/c1-10-8(9)7-5-3-2-4-6-7;3*1-3-2;/h2-5H,1H3;3*1,3H2,2H3;. The number of carbonyl (C=O) groups excluding carboxylic acids is 1. The van der Waals surface area contributed by atoms with E-state index in [1.807, 2.05) is 12.1 Å². The zero-order valence-corrected chi connectivity index (χ0v) is 16.2. The van der Waals surface area contributed by atoms with E-state index in [0.717, 1.165) is 5.56 Å². The maximum atomic E-state index is 12.1. The van der Waals surface area contributed by atoms with Gasteiger partial charge in [0.05, 0.1) is 0 Å². The second-order valence-electron chi connectivity index (χ2n) is 5.57. The molecular formula is C17H28O2Sn. The number of methoxy groups -OCH3 is 1. The van der Waals surface area contributed by atoms with E-state index in [9.17, 15) is 4.79 Å². The molecule has 0 heterocycles. The summed E-state index contributed by atoms with van der Waals surface area (Å²) >= 11 is -2.47. The summed E-state index contributed by atoms with van der Waals surface area (Å²) in [4.78, 5) is 12.1. The summed E-state index contributed by atoms with van der Waals surface area (Å²) in [6.45, 7) is 6.83. The summed E-state index contributed by atoms with van der Waals surface area (Å²) in [5, 5.41) is 0. The van der Waals surface area contributed by atoms with Crippen molar-refractivity contribution in [1.82, 2.24) is 0 Å². The van der Waals surface area contributed by atoms with Crippen LogP contribution in [0.2, 0.25) is 13.3 Å². The van der Waals surface area contributed by atoms with Crippen LogP contribution in [0.5, 0.6) is 0 Å². The van der Waals surface area contributed by atoms with Gasteiger partial charge >= 0.3 is 128 Å². The molecule has 0 radical (unpaired) electrons. The first-order valence-electron chi connectivity index (χ1n) is 7.83. The van der Waals surface area contributed by atoms with Gasteiger partial charge in [0, 0.05) is 0 Å². The molecule has 0 aliphatic rings. The van der Waals surface area contributed by atoms with E-state index in [0.29, 0.717) is 0 Å². The first kappa shape index (κ1) is 17.5. The third-order valence-corrected chi connectivity index (χ3v) is 21.1. The van der Waals surface area contributed by atoms with Gasteiger partial charge in [-0.25, -0.2) is 0 Å². The van der Waals surface area contributed by atoms with Crippen LogP contribution in [0.4, 0.5) is 0 Å². The van der Waals surface area contributed by atoms with Gasteiger partial charge in [0.2, 0.25) is 0 Å². The Bertz CT molecular complexity index is 412. The van der Waals surface area contributed by atoms with E-state index in [1.165, 1.54) is 43.3 Å². The number of hydrogen-bond acceptors (Lipinski definition) is 2. The topological polar surface area (TPSA) is 26.3 Å². The Hall–Kier alpha value is -0.511. The summed E-state index contributed by atoms with van der Waals surface area (Å²) in [7, 11) is 1.48. The fraction of sp³-hybridized carbons (Fsp3) is 0.588. The van der Waals surface area contributed by atoms with Crippen LogP contribution in [0.15, 0.2) is 24.3 Å². The zero-order valence-electron chi connectivity index (χ0n) is 13.4. The fourth-order valence-corrected chi connectivity index (χ4v) is 19.5. The minimum absolute atomic E-state index is 0.162. The van der Waals surface area contributed by atoms with E-state index >= 15 is 0 Å². The molecule has 0 saturated heterocycles. The van der Waals surface area contributed by atoms with E-state index in [1.54, 1.807) is 0 Å². The molecule has 0 amide bonds. The molecule has 112 valence electrons. The Kier molecular flexibility index (Phi) is 7.63. The monoisotopic (exact) mass is 384 g/mol. The van der Waals surface area contributed by atoms with E-state index in [4.69, 9.17) is 4.74 Å². The van der Waals surface area contributed by atoms with Crippen molar-refractivity contribution in [3.8, 4) is 0 Å².